The van der Waals surface area contributed by atoms with Crippen LogP contribution in [-0.4, -0.2) is 52.8 Å². The third-order valence-corrected chi connectivity index (χ3v) is 8.62. The van der Waals surface area contributed by atoms with Gasteiger partial charge in [-0.15, -0.1) is 11.3 Å². The van der Waals surface area contributed by atoms with Gasteiger partial charge in [-0.25, -0.2) is 27.2 Å². The summed E-state index contributed by atoms with van der Waals surface area (Å²) in [7, 11) is -3.11. The fourth-order valence-electron chi connectivity index (χ4n) is 3.31. The number of aromatic nitrogens is 1. The first kappa shape index (κ1) is 26.0. The minimum absolute atomic E-state index is 0.0562. The number of amides is 3. The summed E-state index contributed by atoms with van der Waals surface area (Å²) >= 11 is 1.95. The lowest BCUT2D eigenvalue weighted by molar-refractivity contribution is -0.115. The van der Waals surface area contributed by atoms with Crippen LogP contribution in [0.3, 0.4) is 0 Å². The second-order valence-corrected chi connectivity index (χ2v) is 11.2. The van der Waals surface area contributed by atoms with E-state index in [0.29, 0.717) is 10.7 Å². The molecule has 0 spiro atoms. The molecular formula is C21H21F2N5O5S3. The van der Waals surface area contributed by atoms with E-state index in [1.807, 2.05) is 6.92 Å². The van der Waals surface area contributed by atoms with E-state index in [2.05, 4.69) is 15.3 Å². The molecule has 192 valence electrons. The monoisotopic (exact) mass is 557 g/mol. The molecular weight excluding hydrogens is 536 g/mol. The number of thiazole rings is 1. The molecule has 0 bridgehead atoms. The molecule has 2 aromatic rings. The first-order chi connectivity index (χ1) is 17.1. The average Bonchev–Trinajstić information content (AvgIpc) is 3.44. The maximum Gasteiger partial charge on any atom is 0.360 e. The van der Waals surface area contributed by atoms with Crippen LogP contribution in [0.5, 0.6) is 5.75 Å². The van der Waals surface area contributed by atoms with Gasteiger partial charge in [-0.1, -0.05) is 31.5 Å². The lowest BCUT2D eigenvalue weighted by Crippen LogP contribution is -2.48. The van der Waals surface area contributed by atoms with Crippen molar-refractivity contribution in [1.82, 2.24) is 13.6 Å². The number of hydrogen-bond donors (Lipinski definition) is 1. The zero-order valence-electron chi connectivity index (χ0n) is 19.2. The number of hydrogen-bond acceptors (Lipinski definition) is 8. The zero-order valence-corrected chi connectivity index (χ0v) is 21.6. The molecule has 1 N–H and O–H groups in total. The number of nitrogens with zero attached hydrogens (tertiary/aromatic N) is 4. The van der Waals surface area contributed by atoms with Gasteiger partial charge in [0.05, 0.1) is 24.4 Å². The Morgan fingerprint density at radius 3 is 2.64 bits per heavy atom. The minimum Gasteiger partial charge on any atom is -0.488 e. The largest absolute Gasteiger partial charge is 0.488 e. The number of carbonyl (C=O) groups excluding carboxylic acids is 2. The molecule has 36 heavy (non-hydrogen) atoms. The highest BCUT2D eigenvalue weighted by Gasteiger charge is 2.43. The van der Waals surface area contributed by atoms with Crippen molar-refractivity contribution in [3.63, 3.8) is 0 Å². The summed E-state index contributed by atoms with van der Waals surface area (Å²) in [5, 5.41) is 5.60. The van der Waals surface area contributed by atoms with E-state index < -0.39 is 39.5 Å². The quantitative estimate of drug-likeness (QED) is 0.449. The summed E-state index contributed by atoms with van der Waals surface area (Å²) < 4.78 is 60.6. The molecule has 0 unspecified atom stereocenters. The second kappa shape index (κ2) is 10.5. The third kappa shape index (κ3) is 5.22. The van der Waals surface area contributed by atoms with E-state index in [1.54, 1.807) is 0 Å². The second-order valence-electron chi connectivity index (χ2n) is 7.73. The number of rotatable bonds is 9. The maximum absolute atomic E-state index is 14.4. The lowest BCUT2D eigenvalue weighted by atomic mass is 10.1. The van der Waals surface area contributed by atoms with Crippen LogP contribution in [0.1, 0.15) is 32.6 Å². The Morgan fingerprint density at radius 1 is 1.22 bits per heavy atom. The number of halogens is 2. The minimum atomic E-state index is -4.19. The molecule has 0 fully saturated rings. The summed E-state index contributed by atoms with van der Waals surface area (Å²) in [5.74, 6) is -2.72. The lowest BCUT2D eigenvalue weighted by Gasteiger charge is -2.29. The number of nitrogens with one attached hydrogen (secondary N) is 1. The highest BCUT2D eigenvalue weighted by molar-refractivity contribution is 8.17. The van der Waals surface area contributed by atoms with Gasteiger partial charge in [-0.2, -0.15) is 13.4 Å². The SMILES string of the molecule is CCCCCOc1c(F)cc(-c2csc(NC(=O)CC3=CSC4=NC(=O)N(C)S(=O)(=O)N34)n2)cc1F. The van der Waals surface area contributed by atoms with Crippen molar-refractivity contribution in [3.8, 4) is 17.0 Å². The van der Waals surface area contributed by atoms with E-state index in [4.69, 9.17) is 4.74 Å². The van der Waals surface area contributed by atoms with E-state index in [-0.39, 0.29) is 40.3 Å². The van der Waals surface area contributed by atoms with Crippen LogP contribution in [0.25, 0.3) is 11.3 Å². The molecule has 0 radical (unpaired) electrons. The number of unbranched alkanes of at least 4 members (excludes halogenated alkanes) is 2. The van der Waals surface area contributed by atoms with E-state index in [1.165, 1.54) is 10.8 Å². The van der Waals surface area contributed by atoms with Gasteiger partial charge in [0.1, 0.15) is 0 Å². The van der Waals surface area contributed by atoms with Gasteiger partial charge in [-0.3, -0.25) is 4.79 Å². The number of thioether (sulfide) groups is 1. The van der Waals surface area contributed by atoms with Crippen LogP contribution >= 0.6 is 23.1 Å². The Hall–Kier alpha value is -3.04. The average molecular weight is 558 g/mol. The Kier molecular flexibility index (Phi) is 7.61. The summed E-state index contributed by atoms with van der Waals surface area (Å²) in [4.78, 5) is 32.2. The zero-order chi connectivity index (χ0) is 26.0. The van der Waals surface area contributed by atoms with E-state index in [0.717, 1.165) is 59.4 Å². The van der Waals surface area contributed by atoms with Crippen molar-refractivity contribution in [2.24, 2.45) is 4.99 Å². The standard InChI is InChI=1S/C21H21F2N5O5S3/c1-3-4-5-6-33-18-14(22)7-12(8-15(18)23)16-11-34-19(24-16)25-17(29)9-13-10-35-21-26-20(30)27(2)36(31,32)28(13)21/h7-8,10-11H,3-6,9H2,1-2H3,(H,24,25,29). The van der Waals surface area contributed by atoms with Crippen LogP contribution in [0.4, 0.5) is 18.7 Å². The molecule has 0 aliphatic carbocycles. The number of amidine groups is 1. The van der Waals surface area contributed by atoms with Gasteiger partial charge in [-0.05, 0) is 18.6 Å². The first-order valence-corrected chi connectivity index (χ1v) is 13.9. The number of carbonyl (C=O) groups is 2. The van der Waals surface area contributed by atoms with Gasteiger partial charge in [0, 0.05) is 23.4 Å². The third-order valence-electron chi connectivity index (χ3n) is 5.15. The summed E-state index contributed by atoms with van der Waals surface area (Å²) in [6.45, 7) is 2.22. The fraction of sp³-hybridized carbons (Fsp3) is 0.333. The van der Waals surface area contributed by atoms with Gasteiger partial charge >= 0.3 is 16.2 Å². The van der Waals surface area contributed by atoms with Gasteiger partial charge in [0.2, 0.25) is 5.91 Å². The molecule has 3 amide bonds. The highest BCUT2D eigenvalue weighted by atomic mass is 32.2. The Balaban J connectivity index is 1.42. The topological polar surface area (TPSA) is 121 Å². The molecule has 2 aliphatic rings. The summed E-state index contributed by atoms with van der Waals surface area (Å²) in [6.07, 6.45) is 2.20. The van der Waals surface area contributed by atoms with Gasteiger partial charge in [0.15, 0.2) is 27.7 Å². The van der Waals surface area contributed by atoms with Crippen LogP contribution in [-0.2, 0) is 15.0 Å². The Morgan fingerprint density at radius 2 is 1.94 bits per heavy atom. The molecule has 0 saturated heterocycles. The molecule has 15 heteroatoms. The molecule has 1 aromatic heterocycles. The van der Waals surface area contributed by atoms with Gasteiger partial charge in [0.25, 0.3) is 0 Å². The number of anilines is 1. The highest BCUT2D eigenvalue weighted by Crippen LogP contribution is 2.36. The summed E-state index contributed by atoms with van der Waals surface area (Å²) in [5.41, 5.74) is 0.533. The van der Waals surface area contributed by atoms with Crippen LogP contribution in [0.15, 0.2) is 33.6 Å². The van der Waals surface area contributed by atoms with Crippen molar-refractivity contribution >= 4 is 55.5 Å². The van der Waals surface area contributed by atoms with Crippen molar-refractivity contribution in [2.75, 3.05) is 19.0 Å². The van der Waals surface area contributed by atoms with Crippen molar-refractivity contribution in [2.45, 2.75) is 32.6 Å². The fourth-order valence-corrected chi connectivity index (χ4v) is 6.43. The first-order valence-electron chi connectivity index (χ1n) is 10.8. The predicted molar refractivity (Wildman–Crippen MR) is 133 cm³/mol. The molecule has 3 heterocycles. The molecule has 4 rings (SSSR count). The number of benzene rings is 1. The number of urea groups is 1. The molecule has 0 saturated carbocycles. The molecule has 2 aliphatic heterocycles. The van der Waals surface area contributed by atoms with Crippen molar-refractivity contribution < 1.29 is 31.5 Å². The normalized spacial score (nSPS) is 16.5. The maximum atomic E-state index is 14.4. The number of fused-ring (bicyclic) bond motifs is 1. The van der Waals surface area contributed by atoms with Crippen molar-refractivity contribution in [1.29, 1.82) is 0 Å². The van der Waals surface area contributed by atoms with Crippen LogP contribution in [0, 0.1) is 11.6 Å². The molecule has 10 nitrogen and oxygen atoms in total. The van der Waals surface area contributed by atoms with E-state index in [9.17, 15) is 26.8 Å². The molecule has 1 aromatic carbocycles. The van der Waals surface area contributed by atoms with E-state index >= 15 is 0 Å². The smallest absolute Gasteiger partial charge is 0.360 e. The Labute approximate surface area is 214 Å². The predicted octanol–water partition coefficient (Wildman–Crippen LogP) is 4.54. The molecule has 0 atom stereocenters. The van der Waals surface area contributed by atoms with Gasteiger partial charge < -0.3 is 10.1 Å². The summed E-state index contributed by atoms with van der Waals surface area (Å²) in [6, 6.07) is 1.30. The van der Waals surface area contributed by atoms with Crippen molar-refractivity contribution in [3.05, 3.63) is 40.3 Å². The van der Waals surface area contributed by atoms with Crippen LogP contribution in [0.2, 0.25) is 0 Å². The Bertz CT molecular complexity index is 1350. The van der Waals surface area contributed by atoms with Crippen LogP contribution < -0.4 is 10.1 Å². The number of aliphatic imine (C=N–C) groups is 1. The number of ether oxygens (including phenoxy) is 1.